The Kier molecular flexibility index (Phi) is 4.33. The Labute approximate surface area is 127 Å². The average molecular weight is 339 g/mol. The molecule has 1 nitrogen and oxygen atoms in total. The fourth-order valence-electron chi connectivity index (χ4n) is 3.40. The van der Waals surface area contributed by atoms with Crippen LogP contribution in [0.15, 0.2) is 28.7 Å². The topological polar surface area (TPSA) is 17.1 Å². The Hall–Kier alpha value is -0.280. The number of fused-ring (bicyclic) bond motifs is 1. The lowest BCUT2D eigenvalue weighted by atomic mass is 9.94. The molecule has 1 aromatic carbocycles. The first-order chi connectivity index (χ1) is 9.24. The molecule has 0 aromatic heterocycles. The number of rotatable bonds is 2. The number of hydrogen-bond acceptors (Lipinski definition) is 2. The molecule has 2 fully saturated rings. The molecule has 1 aliphatic carbocycles. The van der Waals surface area contributed by atoms with Gasteiger partial charge in [0.15, 0.2) is 5.78 Å². The first-order valence-corrected chi connectivity index (χ1v) is 8.99. The highest BCUT2D eigenvalue weighted by atomic mass is 79.9. The predicted molar refractivity (Wildman–Crippen MR) is 84.8 cm³/mol. The Morgan fingerprint density at radius 2 is 1.95 bits per heavy atom. The molecule has 1 saturated heterocycles. The number of carbonyl (C=O) groups is 1. The van der Waals surface area contributed by atoms with Crippen LogP contribution in [0.5, 0.6) is 0 Å². The van der Waals surface area contributed by atoms with Gasteiger partial charge in [-0.15, -0.1) is 0 Å². The first-order valence-electron chi connectivity index (χ1n) is 7.15. The van der Waals surface area contributed by atoms with Crippen LogP contribution in [0.3, 0.4) is 0 Å². The van der Waals surface area contributed by atoms with Gasteiger partial charge in [0.1, 0.15) is 0 Å². The third-order valence-electron chi connectivity index (χ3n) is 4.43. The van der Waals surface area contributed by atoms with Gasteiger partial charge in [0, 0.05) is 21.2 Å². The standard InChI is InChI=1S/C16H19BrOS/c17-14-6-4-11(5-7-14)16(18)13-9-12-3-1-2-8-19-15(12)10-13/h4-7,12-13,15H,1-3,8-10H2. The summed E-state index contributed by atoms with van der Waals surface area (Å²) in [6, 6.07) is 7.84. The van der Waals surface area contributed by atoms with Gasteiger partial charge < -0.3 is 0 Å². The Balaban J connectivity index is 1.70. The van der Waals surface area contributed by atoms with Gasteiger partial charge in [0.2, 0.25) is 0 Å². The lowest BCUT2D eigenvalue weighted by molar-refractivity contribution is 0.0919. The van der Waals surface area contributed by atoms with Crippen LogP contribution in [0.1, 0.15) is 42.5 Å². The molecule has 0 amide bonds. The predicted octanol–water partition coefficient (Wildman–Crippen LogP) is 4.94. The number of Topliss-reactive ketones (excluding diaryl/α,β-unsaturated/α-hetero) is 1. The van der Waals surface area contributed by atoms with E-state index in [1.165, 1.54) is 25.0 Å². The fraction of sp³-hybridized carbons (Fsp3) is 0.562. The van der Waals surface area contributed by atoms with E-state index in [1.807, 2.05) is 24.3 Å². The Morgan fingerprint density at radius 3 is 2.74 bits per heavy atom. The number of thioether (sulfide) groups is 1. The zero-order valence-electron chi connectivity index (χ0n) is 11.0. The Bertz CT molecular complexity index is 442. The summed E-state index contributed by atoms with van der Waals surface area (Å²) in [5.41, 5.74) is 0.884. The number of hydrogen-bond donors (Lipinski definition) is 0. The maximum atomic E-state index is 12.6. The smallest absolute Gasteiger partial charge is 0.165 e. The molecule has 1 saturated carbocycles. The molecular weight excluding hydrogens is 320 g/mol. The van der Waals surface area contributed by atoms with Gasteiger partial charge in [-0.2, -0.15) is 11.8 Å². The van der Waals surface area contributed by atoms with Crippen molar-refractivity contribution in [3.63, 3.8) is 0 Å². The highest BCUT2D eigenvalue weighted by Crippen LogP contribution is 2.44. The first kappa shape index (κ1) is 13.7. The van der Waals surface area contributed by atoms with E-state index in [0.717, 1.165) is 34.0 Å². The third kappa shape index (κ3) is 3.08. The van der Waals surface area contributed by atoms with Gasteiger partial charge in [0.25, 0.3) is 0 Å². The quantitative estimate of drug-likeness (QED) is 0.710. The van der Waals surface area contributed by atoms with E-state index in [1.54, 1.807) is 0 Å². The van der Waals surface area contributed by atoms with Crippen molar-refractivity contribution in [2.75, 3.05) is 5.75 Å². The SMILES string of the molecule is O=C(c1ccc(Br)cc1)C1CC2CCCCSC2C1. The number of carbonyl (C=O) groups excluding carboxylic acids is 1. The summed E-state index contributed by atoms with van der Waals surface area (Å²) in [5, 5.41) is 0.742. The van der Waals surface area contributed by atoms with Crippen molar-refractivity contribution in [2.45, 2.75) is 37.4 Å². The molecule has 0 spiro atoms. The molecule has 102 valence electrons. The van der Waals surface area contributed by atoms with Crippen molar-refractivity contribution in [2.24, 2.45) is 11.8 Å². The van der Waals surface area contributed by atoms with E-state index in [9.17, 15) is 4.79 Å². The second kappa shape index (κ2) is 6.01. The van der Waals surface area contributed by atoms with Crippen molar-refractivity contribution in [1.82, 2.24) is 0 Å². The molecule has 3 atom stereocenters. The Morgan fingerprint density at radius 1 is 1.16 bits per heavy atom. The van der Waals surface area contributed by atoms with E-state index in [-0.39, 0.29) is 5.92 Å². The molecule has 19 heavy (non-hydrogen) atoms. The van der Waals surface area contributed by atoms with Crippen LogP contribution in [-0.2, 0) is 0 Å². The second-order valence-electron chi connectivity index (χ2n) is 5.70. The minimum atomic E-state index is 0.266. The molecule has 0 N–H and O–H groups in total. The lowest BCUT2D eigenvalue weighted by Crippen LogP contribution is -2.12. The van der Waals surface area contributed by atoms with Crippen molar-refractivity contribution < 1.29 is 4.79 Å². The molecule has 1 aliphatic heterocycles. The van der Waals surface area contributed by atoms with E-state index in [0.29, 0.717) is 5.78 Å². The summed E-state index contributed by atoms with van der Waals surface area (Å²) in [7, 11) is 0. The van der Waals surface area contributed by atoms with E-state index in [4.69, 9.17) is 0 Å². The zero-order chi connectivity index (χ0) is 13.2. The van der Waals surface area contributed by atoms with Gasteiger partial charge in [-0.05, 0) is 49.5 Å². The zero-order valence-corrected chi connectivity index (χ0v) is 13.4. The summed E-state index contributed by atoms with van der Waals surface area (Å²) in [5.74, 6) is 2.71. The minimum Gasteiger partial charge on any atom is -0.294 e. The van der Waals surface area contributed by atoms with Crippen LogP contribution < -0.4 is 0 Å². The largest absolute Gasteiger partial charge is 0.294 e. The maximum Gasteiger partial charge on any atom is 0.165 e. The van der Waals surface area contributed by atoms with E-state index >= 15 is 0 Å². The summed E-state index contributed by atoms with van der Waals surface area (Å²) in [6.07, 6.45) is 6.27. The third-order valence-corrected chi connectivity index (χ3v) is 6.49. The normalized spacial score (nSPS) is 30.7. The van der Waals surface area contributed by atoms with Gasteiger partial charge >= 0.3 is 0 Å². The fourth-order valence-corrected chi connectivity index (χ4v) is 5.23. The van der Waals surface area contributed by atoms with Crippen LogP contribution in [0.2, 0.25) is 0 Å². The summed E-state index contributed by atoms with van der Waals surface area (Å²) >= 11 is 5.54. The molecule has 1 aromatic rings. The molecule has 2 aliphatic rings. The molecule has 3 unspecified atom stereocenters. The minimum absolute atomic E-state index is 0.266. The molecule has 3 heteroatoms. The monoisotopic (exact) mass is 338 g/mol. The second-order valence-corrected chi connectivity index (χ2v) is 7.97. The van der Waals surface area contributed by atoms with Crippen LogP contribution >= 0.6 is 27.7 Å². The average Bonchev–Trinajstić information content (AvgIpc) is 2.70. The van der Waals surface area contributed by atoms with Crippen molar-refractivity contribution in [3.05, 3.63) is 34.3 Å². The van der Waals surface area contributed by atoms with Crippen LogP contribution in [0.4, 0.5) is 0 Å². The highest BCUT2D eigenvalue weighted by Gasteiger charge is 2.38. The van der Waals surface area contributed by atoms with Crippen molar-refractivity contribution in [3.8, 4) is 0 Å². The van der Waals surface area contributed by atoms with Gasteiger partial charge in [-0.1, -0.05) is 34.5 Å². The highest BCUT2D eigenvalue weighted by molar-refractivity contribution is 9.10. The molecule has 0 bridgehead atoms. The van der Waals surface area contributed by atoms with Crippen LogP contribution in [0.25, 0.3) is 0 Å². The number of ketones is 1. The molecule has 3 rings (SSSR count). The summed E-state index contributed by atoms with van der Waals surface area (Å²) < 4.78 is 1.04. The van der Waals surface area contributed by atoms with Crippen molar-refractivity contribution >= 4 is 33.5 Å². The number of halogens is 1. The van der Waals surface area contributed by atoms with Crippen molar-refractivity contribution in [1.29, 1.82) is 0 Å². The van der Waals surface area contributed by atoms with Crippen LogP contribution in [-0.4, -0.2) is 16.8 Å². The van der Waals surface area contributed by atoms with Gasteiger partial charge in [-0.25, -0.2) is 0 Å². The lowest BCUT2D eigenvalue weighted by Gasteiger charge is -2.13. The summed E-state index contributed by atoms with van der Waals surface area (Å²) in [6.45, 7) is 0. The van der Waals surface area contributed by atoms with E-state index < -0.39 is 0 Å². The number of benzene rings is 1. The molecule has 0 radical (unpaired) electrons. The summed E-state index contributed by atoms with van der Waals surface area (Å²) in [4.78, 5) is 12.6. The molecular formula is C16H19BrOS. The maximum absolute atomic E-state index is 12.6. The van der Waals surface area contributed by atoms with E-state index in [2.05, 4.69) is 27.7 Å². The molecule has 1 heterocycles. The van der Waals surface area contributed by atoms with Crippen LogP contribution in [0, 0.1) is 11.8 Å². The van der Waals surface area contributed by atoms with Gasteiger partial charge in [0.05, 0.1) is 0 Å². The van der Waals surface area contributed by atoms with Gasteiger partial charge in [-0.3, -0.25) is 4.79 Å².